The van der Waals surface area contributed by atoms with Gasteiger partial charge < -0.3 is 10.2 Å². The van der Waals surface area contributed by atoms with Gasteiger partial charge >= 0.3 is 0 Å². The van der Waals surface area contributed by atoms with Gasteiger partial charge in [0.15, 0.2) is 0 Å². The van der Waals surface area contributed by atoms with Gasteiger partial charge in [-0.15, -0.1) is 11.3 Å². The maximum atomic E-state index is 12.8. The second-order valence-corrected chi connectivity index (χ2v) is 7.05. The quantitative estimate of drug-likeness (QED) is 0.928. The Morgan fingerprint density at radius 1 is 1.42 bits per heavy atom. The molecule has 1 aliphatic heterocycles. The molecule has 0 saturated carbocycles. The lowest BCUT2D eigenvalue weighted by Crippen LogP contribution is -2.30. The number of pyridine rings is 1. The molecule has 2 amide bonds. The summed E-state index contributed by atoms with van der Waals surface area (Å²) in [5.74, 6) is 0.0313. The van der Waals surface area contributed by atoms with Crippen LogP contribution in [0.5, 0.6) is 0 Å². The minimum Gasteiger partial charge on any atom is -0.351 e. The number of hydrogen-bond acceptors (Lipinski definition) is 4. The molecule has 2 aromatic heterocycles. The number of carbonyl (C=O) groups is 2. The number of thiophene rings is 1. The Hall–Kier alpha value is -2.21. The van der Waals surface area contributed by atoms with Gasteiger partial charge in [-0.05, 0) is 54.5 Å². The number of aromatic nitrogens is 1. The predicted molar refractivity (Wildman–Crippen MR) is 93.8 cm³/mol. The molecule has 0 radical (unpaired) electrons. The molecule has 0 spiro atoms. The first kappa shape index (κ1) is 16.6. The van der Waals surface area contributed by atoms with E-state index in [2.05, 4.69) is 10.3 Å². The van der Waals surface area contributed by atoms with Crippen molar-refractivity contribution < 1.29 is 9.59 Å². The topological polar surface area (TPSA) is 62.3 Å². The number of nitrogens with zero attached hydrogens (tertiary/aromatic N) is 2. The molecule has 2 aromatic rings. The van der Waals surface area contributed by atoms with E-state index in [1.165, 1.54) is 18.3 Å². The standard InChI is InChI=1S/C18H21N3O2S/c1-12-8-17(24-11-12)18(23)21-7-3-4-16(21)14-5-6-19-15(9-14)10-20-13(2)22/h5-6,8-9,11,16H,3-4,7,10H2,1-2H3,(H,20,22). The molecule has 1 atom stereocenters. The van der Waals surface area contributed by atoms with Crippen molar-refractivity contribution in [2.45, 2.75) is 39.3 Å². The van der Waals surface area contributed by atoms with Crippen LogP contribution in [0.4, 0.5) is 0 Å². The van der Waals surface area contributed by atoms with E-state index in [1.807, 2.05) is 35.4 Å². The second-order valence-electron chi connectivity index (χ2n) is 6.14. The largest absolute Gasteiger partial charge is 0.351 e. The number of rotatable bonds is 4. The van der Waals surface area contributed by atoms with Gasteiger partial charge in [0.05, 0.1) is 23.2 Å². The van der Waals surface area contributed by atoms with Crippen LogP contribution in [0.25, 0.3) is 0 Å². The first-order valence-corrected chi connectivity index (χ1v) is 8.98. The zero-order chi connectivity index (χ0) is 17.1. The molecule has 1 fully saturated rings. The SMILES string of the molecule is CC(=O)NCc1cc(C2CCCN2C(=O)c2cc(C)cs2)ccn1. The van der Waals surface area contributed by atoms with Crippen molar-refractivity contribution in [2.24, 2.45) is 0 Å². The van der Waals surface area contributed by atoms with Crippen molar-refractivity contribution in [3.63, 3.8) is 0 Å². The highest BCUT2D eigenvalue weighted by Crippen LogP contribution is 2.34. The Morgan fingerprint density at radius 2 is 2.25 bits per heavy atom. The lowest BCUT2D eigenvalue weighted by Gasteiger charge is -2.25. The Kier molecular flexibility index (Phi) is 4.94. The van der Waals surface area contributed by atoms with Gasteiger partial charge in [-0.2, -0.15) is 0 Å². The van der Waals surface area contributed by atoms with Gasteiger partial charge in [-0.3, -0.25) is 14.6 Å². The number of aryl methyl sites for hydroxylation is 1. The van der Waals surface area contributed by atoms with E-state index in [1.54, 1.807) is 6.20 Å². The van der Waals surface area contributed by atoms with E-state index in [0.29, 0.717) is 6.54 Å². The summed E-state index contributed by atoms with van der Waals surface area (Å²) in [6, 6.07) is 6.00. The third-order valence-electron chi connectivity index (χ3n) is 4.20. The Balaban J connectivity index is 1.79. The minimum absolute atomic E-state index is 0.0760. The molecule has 1 N–H and O–H groups in total. The van der Waals surface area contributed by atoms with Crippen LogP contribution in [-0.2, 0) is 11.3 Å². The third-order valence-corrected chi connectivity index (χ3v) is 5.23. The molecule has 126 valence electrons. The van der Waals surface area contributed by atoms with Gasteiger partial charge in [0.25, 0.3) is 5.91 Å². The van der Waals surface area contributed by atoms with Gasteiger partial charge in [0.2, 0.25) is 5.91 Å². The highest BCUT2D eigenvalue weighted by molar-refractivity contribution is 7.12. The molecule has 1 unspecified atom stereocenters. The Bertz CT molecular complexity index is 756. The van der Waals surface area contributed by atoms with Crippen LogP contribution in [0, 0.1) is 6.92 Å². The monoisotopic (exact) mass is 343 g/mol. The first-order valence-electron chi connectivity index (χ1n) is 8.10. The normalized spacial score (nSPS) is 17.1. The molecule has 1 aliphatic rings. The molecule has 24 heavy (non-hydrogen) atoms. The minimum atomic E-state index is -0.0760. The summed E-state index contributed by atoms with van der Waals surface area (Å²) in [5.41, 5.74) is 3.03. The first-order chi connectivity index (χ1) is 11.5. The predicted octanol–water partition coefficient (Wildman–Crippen LogP) is 3.06. The average molecular weight is 343 g/mol. The average Bonchev–Trinajstić information content (AvgIpc) is 3.21. The van der Waals surface area contributed by atoms with E-state index >= 15 is 0 Å². The maximum Gasteiger partial charge on any atom is 0.264 e. The van der Waals surface area contributed by atoms with Gasteiger partial charge in [0.1, 0.15) is 0 Å². The number of likely N-dealkylation sites (tertiary alicyclic amines) is 1. The second kappa shape index (κ2) is 7.13. The van der Waals surface area contributed by atoms with Crippen molar-refractivity contribution in [1.29, 1.82) is 0 Å². The van der Waals surface area contributed by atoms with E-state index < -0.39 is 0 Å². The maximum absolute atomic E-state index is 12.8. The molecular weight excluding hydrogens is 322 g/mol. The van der Waals surface area contributed by atoms with E-state index in [9.17, 15) is 9.59 Å². The van der Waals surface area contributed by atoms with Crippen LogP contribution in [0.1, 0.15) is 52.3 Å². The molecule has 0 bridgehead atoms. The third kappa shape index (κ3) is 3.64. The van der Waals surface area contributed by atoms with Crippen LogP contribution in [0.2, 0.25) is 0 Å². The molecule has 3 rings (SSSR count). The van der Waals surface area contributed by atoms with Crippen molar-refractivity contribution in [3.8, 4) is 0 Å². The fourth-order valence-corrected chi connectivity index (χ4v) is 3.91. The molecular formula is C18H21N3O2S. The fourth-order valence-electron chi connectivity index (χ4n) is 3.06. The smallest absolute Gasteiger partial charge is 0.264 e. The number of nitrogens with one attached hydrogen (secondary N) is 1. The van der Waals surface area contributed by atoms with Crippen molar-refractivity contribution in [1.82, 2.24) is 15.2 Å². The highest BCUT2D eigenvalue weighted by Gasteiger charge is 2.31. The molecule has 0 aliphatic carbocycles. The van der Waals surface area contributed by atoms with Crippen LogP contribution in [0.3, 0.4) is 0 Å². The number of hydrogen-bond donors (Lipinski definition) is 1. The Labute approximate surface area is 145 Å². The van der Waals surface area contributed by atoms with Crippen LogP contribution >= 0.6 is 11.3 Å². The van der Waals surface area contributed by atoms with Crippen molar-refractivity contribution in [3.05, 3.63) is 51.5 Å². The molecule has 3 heterocycles. The zero-order valence-electron chi connectivity index (χ0n) is 13.9. The molecule has 0 aromatic carbocycles. The summed E-state index contributed by atoms with van der Waals surface area (Å²) in [7, 11) is 0. The van der Waals surface area contributed by atoms with Gasteiger partial charge in [0, 0.05) is 19.7 Å². The summed E-state index contributed by atoms with van der Waals surface area (Å²) >= 11 is 1.51. The molecule has 6 heteroatoms. The number of carbonyl (C=O) groups excluding carboxylic acids is 2. The summed E-state index contributed by atoms with van der Waals surface area (Å²) in [6.07, 6.45) is 3.71. The Morgan fingerprint density at radius 3 is 2.96 bits per heavy atom. The van der Waals surface area contributed by atoms with Gasteiger partial charge in [-0.1, -0.05) is 0 Å². The van der Waals surface area contributed by atoms with Gasteiger partial charge in [-0.25, -0.2) is 0 Å². The fraction of sp³-hybridized carbons (Fsp3) is 0.389. The van der Waals surface area contributed by atoms with Crippen LogP contribution in [0.15, 0.2) is 29.8 Å². The molecule has 1 saturated heterocycles. The molecule has 5 nitrogen and oxygen atoms in total. The summed E-state index contributed by atoms with van der Waals surface area (Å²) in [5, 5.41) is 4.77. The summed E-state index contributed by atoms with van der Waals surface area (Å²) < 4.78 is 0. The summed E-state index contributed by atoms with van der Waals surface area (Å²) in [6.45, 7) is 4.69. The van der Waals surface area contributed by atoms with Crippen LogP contribution < -0.4 is 5.32 Å². The van der Waals surface area contributed by atoms with E-state index in [0.717, 1.165) is 41.1 Å². The number of amides is 2. The lowest BCUT2D eigenvalue weighted by atomic mass is 10.0. The van der Waals surface area contributed by atoms with E-state index in [-0.39, 0.29) is 17.9 Å². The van der Waals surface area contributed by atoms with Crippen molar-refractivity contribution in [2.75, 3.05) is 6.54 Å². The van der Waals surface area contributed by atoms with Crippen LogP contribution in [-0.4, -0.2) is 28.2 Å². The summed E-state index contributed by atoms with van der Waals surface area (Å²) in [4.78, 5) is 30.9. The van der Waals surface area contributed by atoms with E-state index in [4.69, 9.17) is 0 Å². The van der Waals surface area contributed by atoms with Crippen molar-refractivity contribution >= 4 is 23.2 Å². The highest BCUT2D eigenvalue weighted by atomic mass is 32.1. The lowest BCUT2D eigenvalue weighted by molar-refractivity contribution is -0.119. The zero-order valence-corrected chi connectivity index (χ0v) is 14.7.